The van der Waals surface area contributed by atoms with Crippen molar-refractivity contribution in [2.75, 3.05) is 25.1 Å². The number of aromatic nitrogens is 1. The minimum absolute atomic E-state index is 0.315. The van der Waals surface area contributed by atoms with E-state index in [1.54, 1.807) is 12.3 Å². The second kappa shape index (κ2) is 5.35. The van der Waals surface area contributed by atoms with Crippen LogP contribution in [0.15, 0.2) is 18.3 Å². The van der Waals surface area contributed by atoms with Gasteiger partial charge in [0.2, 0.25) is 5.88 Å². The van der Waals surface area contributed by atoms with Gasteiger partial charge in [-0.25, -0.2) is 9.37 Å². The number of ether oxygens (including phenoxy) is 1. The third kappa shape index (κ3) is 3.27. The summed E-state index contributed by atoms with van der Waals surface area (Å²) in [6, 6.07) is 3.57. The lowest BCUT2D eigenvalue weighted by Crippen LogP contribution is -2.03. The summed E-state index contributed by atoms with van der Waals surface area (Å²) < 4.78 is 16.9. The lowest BCUT2D eigenvalue weighted by molar-refractivity contribution is 0.327. The van der Waals surface area contributed by atoms with E-state index in [1.165, 1.54) is 0 Å². The minimum Gasteiger partial charge on any atom is -0.478 e. The number of nitrogens with zero attached hydrogens (tertiary/aromatic N) is 1. The van der Waals surface area contributed by atoms with Crippen LogP contribution >= 0.6 is 0 Å². The molecule has 3 nitrogen and oxygen atoms in total. The average Bonchev–Trinajstić information content (AvgIpc) is 2.17. The van der Waals surface area contributed by atoms with E-state index in [-0.39, 0.29) is 6.67 Å². The molecule has 1 rings (SSSR count). The van der Waals surface area contributed by atoms with Crippen LogP contribution in [0.3, 0.4) is 0 Å². The van der Waals surface area contributed by atoms with Crippen molar-refractivity contribution in [1.82, 2.24) is 4.98 Å². The summed E-state index contributed by atoms with van der Waals surface area (Å²) in [7, 11) is 0. The Labute approximate surface area is 76.9 Å². The summed E-state index contributed by atoms with van der Waals surface area (Å²) in [5.74, 6) is 0.591. The largest absolute Gasteiger partial charge is 0.478 e. The molecule has 0 aliphatic carbocycles. The molecule has 4 heteroatoms. The third-order valence-electron chi connectivity index (χ3n) is 1.45. The maximum Gasteiger partial charge on any atom is 0.213 e. The van der Waals surface area contributed by atoms with Gasteiger partial charge in [0.05, 0.1) is 18.5 Å². The summed E-state index contributed by atoms with van der Waals surface area (Å²) in [5, 5.41) is 2.87. The smallest absolute Gasteiger partial charge is 0.213 e. The monoisotopic (exact) mass is 184 g/mol. The second-order valence-electron chi connectivity index (χ2n) is 2.43. The van der Waals surface area contributed by atoms with Crippen molar-refractivity contribution in [2.24, 2.45) is 0 Å². The van der Waals surface area contributed by atoms with Crippen LogP contribution in [0.2, 0.25) is 0 Å². The van der Waals surface area contributed by atoms with E-state index in [1.807, 2.05) is 13.0 Å². The van der Waals surface area contributed by atoms with E-state index in [0.717, 1.165) is 5.69 Å². The molecule has 0 atom stereocenters. The molecule has 0 amide bonds. The van der Waals surface area contributed by atoms with Crippen molar-refractivity contribution < 1.29 is 9.13 Å². The van der Waals surface area contributed by atoms with Crippen LogP contribution in [-0.2, 0) is 0 Å². The molecule has 0 saturated heterocycles. The molecular formula is C9H13FN2O. The molecule has 1 aromatic rings. The van der Waals surface area contributed by atoms with Crippen LogP contribution in [0.4, 0.5) is 10.1 Å². The Balaban J connectivity index is 2.48. The van der Waals surface area contributed by atoms with Crippen molar-refractivity contribution in [2.45, 2.75) is 6.92 Å². The van der Waals surface area contributed by atoms with Gasteiger partial charge in [0.1, 0.15) is 6.67 Å². The minimum atomic E-state index is -0.382. The summed E-state index contributed by atoms with van der Waals surface area (Å²) in [6.07, 6.45) is 1.63. The third-order valence-corrected chi connectivity index (χ3v) is 1.45. The summed E-state index contributed by atoms with van der Waals surface area (Å²) in [6.45, 7) is 2.43. The Kier molecular flexibility index (Phi) is 4.02. The number of pyridine rings is 1. The number of hydrogen-bond donors (Lipinski definition) is 1. The topological polar surface area (TPSA) is 34.1 Å². The molecule has 0 fully saturated rings. The van der Waals surface area contributed by atoms with Gasteiger partial charge in [0.15, 0.2) is 0 Å². The lowest BCUT2D eigenvalue weighted by Gasteiger charge is -2.04. The Morgan fingerprint density at radius 3 is 2.92 bits per heavy atom. The Bertz CT molecular complexity index is 238. The zero-order valence-electron chi connectivity index (χ0n) is 7.59. The van der Waals surface area contributed by atoms with Crippen LogP contribution in [0.1, 0.15) is 6.92 Å². The summed E-state index contributed by atoms with van der Waals surface area (Å²) in [5.41, 5.74) is 0.807. The van der Waals surface area contributed by atoms with Crippen molar-refractivity contribution in [3.05, 3.63) is 18.3 Å². The first kappa shape index (κ1) is 9.77. The molecule has 0 radical (unpaired) electrons. The van der Waals surface area contributed by atoms with Gasteiger partial charge < -0.3 is 10.1 Å². The van der Waals surface area contributed by atoms with Gasteiger partial charge in [-0.05, 0) is 13.0 Å². The normalized spacial score (nSPS) is 9.69. The van der Waals surface area contributed by atoms with Crippen molar-refractivity contribution in [1.29, 1.82) is 0 Å². The fourth-order valence-electron chi connectivity index (χ4n) is 0.910. The molecule has 1 aromatic heterocycles. The standard InChI is InChI=1S/C9H13FN2O/c1-2-13-9-4-3-8(7-12-9)11-6-5-10/h3-4,7,11H,2,5-6H2,1H3. The van der Waals surface area contributed by atoms with E-state index < -0.39 is 0 Å². The zero-order valence-corrected chi connectivity index (χ0v) is 7.59. The second-order valence-corrected chi connectivity index (χ2v) is 2.43. The van der Waals surface area contributed by atoms with Gasteiger partial charge in [0, 0.05) is 12.6 Å². The first-order valence-corrected chi connectivity index (χ1v) is 4.25. The van der Waals surface area contributed by atoms with Gasteiger partial charge in [-0.15, -0.1) is 0 Å². The maximum atomic E-state index is 11.8. The van der Waals surface area contributed by atoms with Crippen molar-refractivity contribution >= 4 is 5.69 Å². The fourth-order valence-corrected chi connectivity index (χ4v) is 0.910. The van der Waals surface area contributed by atoms with Crippen molar-refractivity contribution in [3.63, 3.8) is 0 Å². The van der Waals surface area contributed by atoms with E-state index >= 15 is 0 Å². The predicted octanol–water partition coefficient (Wildman–Crippen LogP) is 1.86. The molecule has 0 aliphatic rings. The first-order valence-electron chi connectivity index (χ1n) is 4.25. The maximum absolute atomic E-state index is 11.8. The predicted molar refractivity (Wildman–Crippen MR) is 49.9 cm³/mol. The van der Waals surface area contributed by atoms with Crippen LogP contribution in [0, 0.1) is 0 Å². The van der Waals surface area contributed by atoms with E-state index in [2.05, 4.69) is 10.3 Å². The van der Waals surface area contributed by atoms with Gasteiger partial charge in [-0.2, -0.15) is 0 Å². The highest BCUT2D eigenvalue weighted by Gasteiger charge is 1.94. The van der Waals surface area contributed by atoms with Gasteiger partial charge >= 0.3 is 0 Å². The number of alkyl halides is 1. The quantitative estimate of drug-likeness (QED) is 0.758. The zero-order chi connectivity index (χ0) is 9.52. The number of rotatable bonds is 5. The van der Waals surface area contributed by atoms with Crippen molar-refractivity contribution in [3.8, 4) is 5.88 Å². The Morgan fingerprint density at radius 1 is 1.54 bits per heavy atom. The Hall–Kier alpha value is -1.32. The highest BCUT2D eigenvalue weighted by molar-refractivity contribution is 5.41. The molecule has 0 unspecified atom stereocenters. The van der Waals surface area contributed by atoms with Crippen LogP contribution in [0.25, 0.3) is 0 Å². The highest BCUT2D eigenvalue weighted by atomic mass is 19.1. The molecule has 0 aliphatic heterocycles. The molecule has 0 aromatic carbocycles. The number of hydrogen-bond acceptors (Lipinski definition) is 3. The molecule has 0 saturated carbocycles. The van der Waals surface area contributed by atoms with E-state index in [0.29, 0.717) is 19.0 Å². The first-order chi connectivity index (χ1) is 6.36. The van der Waals surface area contributed by atoms with Gasteiger partial charge in [-0.3, -0.25) is 0 Å². The molecule has 1 N–H and O–H groups in total. The average molecular weight is 184 g/mol. The number of nitrogens with one attached hydrogen (secondary N) is 1. The van der Waals surface area contributed by atoms with E-state index in [9.17, 15) is 4.39 Å². The summed E-state index contributed by atoms with van der Waals surface area (Å²) in [4.78, 5) is 4.01. The summed E-state index contributed by atoms with van der Waals surface area (Å²) >= 11 is 0. The lowest BCUT2D eigenvalue weighted by atomic mass is 10.4. The molecular weight excluding hydrogens is 171 g/mol. The van der Waals surface area contributed by atoms with Gasteiger partial charge in [-0.1, -0.05) is 0 Å². The number of halogens is 1. The van der Waals surface area contributed by atoms with Crippen LogP contribution in [-0.4, -0.2) is 24.8 Å². The van der Waals surface area contributed by atoms with E-state index in [4.69, 9.17) is 4.74 Å². The Morgan fingerprint density at radius 2 is 2.38 bits per heavy atom. The highest BCUT2D eigenvalue weighted by Crippen LogP contribution is 2.10. The fraction of sp³-hybridized carbons (Fsp3) is 0.444. The molecule has 13 heavy (non-hydrogen) atoms. The molecule has 0 spiro atoms. The molecule has 1 heterocycles. The number of anilines is 1. The molecule has 0 bridgehead atoms. The SMILES string of the molecule is CCOc1ccc(NCCF)cn1. The van der Waals surface area contributed by atoms with Crippen LogP contribution < -0.4 is 10.1 Å². The van der Waals surface area contributed by atoms with Gasteiger partial charge in [0.25, 0.3) is 0 Å². The van der Waals surface area contributed by atoms with Crippen LogP contribution in [0.5, 0.6) is 5.88 Å². The molecule has 72 valence electrons.